The maximum absolute atomic E-state index is 6.68. The molecule has 21 heavy (non-hydrogen) atoms. The Labute approximate surface area is 131 Å². The highest BCUT2D eigenvalue weighted by Gasteiger charge is 2.61. The van der Waals surface area contributed by atoms with Gasteiger partial charge in [-0.25, -0.2) is 0 Å². The topological polar surface area (TPSA) is 9.23 Å². The van der Waals surface area contributed by atoms with Crippen LogP contribution < -0.4 is 0 Å². The summed E-state index contributed by atoms with van der Waals surface area (Å²) >= 11 is 0. The van der Waals surface area contributed by atoms with Gasteiger partial charge in [0.1, 0.15) is 0 Å². The van der Waals surface area contributed by atoms with Crippen LogP contribution >= 0.6 is 0 Å². The van der Waals surface area contributed by atoms with Crippen molar-refractivity contribution in [3.63, 3.8) is 0 Å². The van der Waals surface area contributed by atoms with Crippen LogP contribution in [-0.4, -0.2) is 11.2 Å². The molecular weight excluding hydrogens is 256 g/mol. The molecule has 1 nitrogen and oxygen atoms in total. The van der Waals surface area contributed by atoms with Crippen molar-refractivity contribution >= 4 is 0 Å². The first-order valence-electron chi connectivity index (χ1n) is 8.99. The summed E-state index contributed by atoms with van der Waals surface area (Å²) in [5, 5.41) is 0. The largest absolute Gasteiger partial charge is 0.365 e. The molecule has 0 bridgehead atoms. The van der Waals surface area contributed by atoms with Crippen LogP contribution in [-0.2, 0) is 4.74 Å². The van der Waals surface area contributed by atoms with E-state index in [1.807, 2.05) is 6.08 Å². The Morgan fingerprint density at radius 1 is 0.905 bits per heavy atom. The van der Waals surface area contributed by atoms with Crippen LogP contribution in [0, 0.1) is 22.7 Å². The number of rotatable bonds is 1. The van der Waals surface area contributed by atoms with Crippen molar-refractivity contribution in [3.8, 4) is 0 Å². The van der Waals surface area contributed by atoms with Gasteiger partial charge < -0.3 is 4.74 Å². The van der Waals surface area contributed by atoms with Gasteiger partial charge >= 0.3 is 0 Å². The van der Waals surface area contributed by atoms with Crippen molar-refractivity contribution in [1.29, 1.82) is 0 Å². The van der Waals surface area contributed by atoms with Gasteiger partial charge in [-0.3, -0.25) is 0 Å². The second-order valence-corrected chi connectivity index (χ2v) is 9.46. The second-order valence-electron chi connectivity index (χ2n) is 9.46. The predicted molar refractivity (Wildman–Crippen MR) is 89.3 cm³/mol. The van der Waals surface area contributed by atoms with Crippen LogP contribution in [0.25, 0.3) is 0 Å². The predicted octanol–water partition coefficient (Wildman–Crippen LogP) is 5.74. The van der Waals surface area contributed by atoms with Gasteiger partial charge in [-0.1, -0.05) is 33.3 Å². The molecule has 0 aromatic carbocycles. The summed E-state index contributed by atoms with van der Waals surface area (Å²) in [6.07, 6.45) is 11.2. The average Bonchev–Trinajstić information content (AvgIpc) is 2.36. The number of hydrogen-bond acceptors (Lipinski definition) is 1. The molecule has 0 radical (unpaired) electrons. The molecule has 1 saturated heterocycles. The highest BCUT2D eigenvalue weighted by molar-refractivity contribution is 5.12. The molecule has 5 atom stereocenters. The van der Waals surface area contributed by atoms with Gasteiger partial charge in [-0.15, -0.1) is 6.58 Å². The third kappa shape index (κ3) is 2.22. The zero-order chi connectivity index (χ0) is 15.5. The van der Waals surface area contributed by atoms with E-state index in [4.69, 9.17) is 4.74 Å². The third-order valence-electron chi connectivity index (χ3n) is 7.57. The van der Waals surface area contributed by atoms with Gasteiger partial charge in [0.2, 0.25) is 0 Å². The lowest BCUT2D eigenvalue weighted by molar-refractivity contribution is -0.252. The lowest BCUT2D eigenvalue weighted by Gasteiger charge is -2.65. The molecule has 3 fully saturated rings. The lowest BCUT2D eigenvalue weighted by Crippen LogP contribution is -2.62. The van der Waals surface area contributed by atoms with Crippen molar-refractivity contribution in [1.82, 2.24) is 0 Å². The molecule has 0 N–H and O–H groups in total. The fraction of sp³-hybridized carbons (Fsp3) is 0.900. The van der Waals surface area contributed by atoms with Gasteiger partial charge in [-0.05, 0) is 75.0 Å². The van der Waals surface area contributed by atoms with Gasteiger partial charge in [0.25, 0.3) is 0 Å². The van der Waals surface area contributed by atoms with Crippen LogP contribution in [0.5, 0.6) is 0 Å². The van der Waals surface area contributed by atoms with E-state index < -0.39 is 0 Å². The van der Waals surface area contributed by atoms with Crippen molar-refractivity contribution < 1.29 is 4.74 Å². The molecule has 1 heterocycles. The highest BCUT2D eigenvalue weighted by atomic mass is 16.5. The minimum Gasteiger partial charge on any atom is -0.365 e. The lowest BCUT2D eigenvalue weighted by atomic mass is 9.44. The van der Waals surface area contributed by atoms with Crippen LogP contribution in [0.1, 0.15) is 79.6 Å². The van der Waals surface area contributed by atoms with Crippen LogP contribution in [0.2, 0.25) is 0 Å². The Balaban J connectivity index is 1.94. The Bertz CT molecular complexity index is 439. The Kier molecular flexibility index (Phi) is 3.41. The number of ether oxygens (including phenoxy) is 1. The standard InChI is InChI=1S/C20H34O/c1-7-18(4)13-9-16-19(5)12-8-11-17(2,3)15(19)10-14-20(16,6)21-18/h7,15-16H,1,8-14H2,2-6H3/t15?,16-,18-,19+,20-/m1/s1. The van der Waals surface area contributed by atoms with Crippen LogP contribution in [0.15, 0.2) is 12.7 Å². The third-order valence-corrected chi connectivity index (χ3v) is 7.57. The molecule has 3 aliphatic rings. The summed E-state index contributed by atoms with van der Waals surface area (Å²) in [6, 6.07) is 0. The maximum atomic E-state index is 6.68. The van der Waals surface area contributed by atoms with E-state index in [0.29, 0.717) is 10.8 Å². The van der Waals surface area contributed by atoms with Crippen molar-refractivity contribution in [3.05, 3.63) is 12.7 Å². The molecule has 2 aliphatic carbocycles. The Morgan fingerprint density at radius 2 is 1.57 bits per heavy atom. The van der Waals surface area contributed by atoms with E-state index in [1.165, 1.54) is 38.5 Å². The van der Waals surface area contributed by atoms with E-state index >= 15 is 0 Å². The van der Waals surface area contributed by atoms with Crippen molar-refractivity contribution in [2.45, 2.75) is 90.8 Å². The zero-order valence-electron chi connectivity index (χ0n) is 14.8. The summed E-state index contributed by atoms with van der Waals surface area (Å²) in [7, 11) is 0. The fourth-order valence-electron chi connectivity index (χ4n) is 6.52. The molecule has 1 heteroatoms. The number of fused-ring (bicyclic) bond motifs is 3. The molecule has 0 amide bonds. The molecule has 0 spiro atoms. The molecular formula is C20H34O. The summed E-state index contributed by atoms with van der Waals surface area (Å²) in [5.41, 5.74) is 0.920. The number of hydrogen-bond donors (Lipinski definition) is 0. The Morgan fingerprint density at radius 3 is 2.24 bits per heavy atom. The Hall–Kier alpha value is -0.300. The van der Waals surface area contributed by atoms with Gasteiger partial charge in [-0.2, -0.15) is 0 Å². The minimum absolute atomic E-state index is 0.0554. The maximum Gasteiger partial charge on any atom is 0.0839 e. The quantitative estimate of drug-likeness (QED) is 0.559. The van der Waals surface area contributed by atoms with E-state index in [-0.39, 0.29) is 11.2 Å². The summed E-state index contributed by atoms with van der Waals surface area (Å²) in [6.45, 7) is 16.2. The van der Waals surface area contributed by atoms with Crippen molar-refractivity contribution in [2.75, 3.05) is 0 Å². The first-order valence-corrected chi connectivity index (χ1v) is 8.99. The summed E-state index contributed by atoms with van der Waals surface area (Å²) in [4.78, 5) is 0. The molecule has 1 aliphatic heterocycles. The monoisotopic (exact) mass is 290 g/mol. The summed E-state index contributed by atoms with van der Waals surface area (Å²) in [5.74, 6) is 1.59. The molecule has 120 valence electrons. The summed E-state index contributed by atoms with van der Waals surface area (Å²) < 4.78 is 6.68. The normalized spacial score (nSPS) is 52.6. The zero-order valence-corrected chi connectivity index (χ0v) is 14.8. The van der Waals surface area contributed by atoms with Gasteiger partial charge in [0.05, 0.1) is 11.2 Å². The van der Waals surface area contributed by atoms with Gasteiger partial charge in [0.15, 0.2) is 0 Å². The van der Waals surface area contributed by atoms with Crippen molar-refractivity contribution in [2.24, 2.45) is 22.7 Å². The van der Waals surface area contributed by atoms with E-state index in [1.54, 1.807) is 0 Å². The van der Waals surface area contributed by atoms with E-state index in [2.05, 4.69) is 41.2 Å². The van der Waals surface area contributed by atoms with Gasteiger partial charge in [0, 0.05) is 0 Å². The molecule has 0 aromatic heterocycles. The molecule has 0 aromatic rings. The molecule has 3 rings (SSSR count). The second kappa shape index (κ2) is 4.60. The molecule has 2 saturated carbocycles. The highest BCUT2D eigenvalue weighted by Crippen LogP contribution is 2.65. The fourth-order valence-corrected chi connectivity index (χ4v) is 6.52. The molecule has 1 unspecified atom stereocenters. The van der Waals surface area contributed by atoms with E-state index in [0.717, 1.165) is 18.3 Å². The minimum atomic E-state index is -0.112. The SMILES string of the molecule is C=C[C@]1(C)CC[C@H]2[C@@](C)(CCC3C(C)(C)CCC[C@@]32C)O1. The first-order chi connectivity index (χ1) is 9.65. The van der Waals surface area contributed by atoms with Crippen LogP contribution in [0.3, 0.4) is 0 Å². The average molecular weight is 290 g/mol. The first kappa shape index (κ1) is 15.6. The van der Waals surface area contributed by atoms with E-state index in [9.17, 15) is 0 Å². The van der Waals surface area contributed by atoms with Crippen LogP contribution in [0.4, 0.5) is 0 Å². The smallest absolute Gasteiger partial charge is 0.0839 e.